The molecule has 0 aliphatic rings. The molecule has 0 bridgehead atoms. The van der Waals surface area contributed by atoms with Crippen LogP contribution in [0, 0.1) is 0 Å². The molecule has 8 heteroatoms. The van der Waals surface area contributed by atoms with E-state index in [1.54, 1.807) is 12.1 Å². The highest BCUT2D eigenvalue weighted by molar-refractivity contribution is 9.10. The highest BCUT2D eigenvalue weighted by Gasteiger charge is 2.15. The maximum atomic E-state index is 11.9. The Hall–Kier alpha value is -2.06. The van der Waals surface area contributed by atoms with E-state index in [0.717, 1.165) is 10.0 Å². The lowest BCUT2D eigenvalue weighted by Crippen LogP contribution is -2.24. The summed E-state index contributed by atoms with van der Waals surface area (Å²) in [6.07, 6.45) is 1.44. The molecule has 2 aromatic rings. The van der Waals surface area contributed by atoms with Gasteiger partial charge in [-0.15, -0.1) is 0 Å². The maximum absolute atomic E-state index is 11.9. The standard InChI is InChI=1S/C20H22Br2N2O4/c1-20(2,3)13-5-6-16(14(21)9-13)28-11-18(25)24-23-10-12-7-15(22)19(26)17(8-12)27-4/h5-10,26H,11H2,1-4H3,(H,24,25)/b23-10+. The SMILES string of the molecule is COc1cc(/C=N/NC(=O)COc2ccc(C(C)(C)C)cc2Br)cc(Br)c1O. The molecule has 0 aromatic heterocycles. The summed E-state index contributed by atoms with van der Waals surface area (Å²) in [4.78, 5) is 11.9. The maximum Gasteiger partial charge on any atom is 0.277 e. The van der Waals surface area contributed by atoms with Crippen LogP contribution in [0.15, 0.2) is 44.4 Å². The van der Waals surface area contributed by atoms with Gasteiger partial charge in [-0.3, -0.25) is 4.79 Å². The number of methoxy groups -OCH3 is 1. The molecule has 0 heterocycles. The Labute approximate surface area is 181 Å². The third-order valence-electron chi connectivity index (χ3n) is 3.83. The van der Waals surface area contributed by atoms with E-state index in [4.69, 9.17) is 9.47 Å². The fraction of sp³-hybridized carbons (Fsp3) is 0.300. The minimum atomic E-state index is -0.396. The molecule has 2 N–H and O–H groups in total. The Morgan fingerprint density at radius 2 is 1.89 bits per heavy atom. The smallest absolute Gasteiger partial charge is 0.277 e. The van der Waals surface area contributed by atoms with Crippen LogP contribution < -0.4 is 14.9 Å². The normalized spacial score (nSPS) is 11.5. The number of phenolic OH excluding ortho intramolecular Hbond substituents is 1. The second-order valence-corrected chi connectivity index (χ2v) is 8.74. The summed E-state index contributed by atoms with van der Waals surface area (Å²) in [6.45, 7) is 6.21. The predicted octanol–water partition coefficient (Wildman–Crippen LogP) is 4.75. The van der Waals surface area contributed by atoms with E-state index < -0.39 is 5.91 Å². The van der Waals surface area contributed by atoms with Crippen LogP contribution in [0.1, 0.15) is 31.9 Å². The number of aromatic hydroxyl groups is 1. The minimum absolute atomic E-state index is 0.000131. The number of nitrogens with one attached hydrogen (secondary N) is 1. The van der Waals surface area contributed by atoms with Crippen molar-refractivity contribution in [1.82, 2.24) is 5.43 Å². The summed E-state index contributed by atoms with van der Waals surface area (Å²) in [5.41, 5.74) is 4.23. The monoisotopic (exact) mass is 512 g/mol. The summed E-state index contributed by atoms with van der Waals surface area (Å²) in [5.74, 6) is 0.487. The number of hydrazone groups is 1. The number of amides is 1. The molecular formula is C20H22Br2N2O4. The summed E-state index contributed by atoms with van der Waals surface area (Å²) in [5, 5.41) is 13.7. The number of halogens is 2. The van der Waals surface area contributed by atoms with Crippen LogP contribution in [-0.2, 0) is 10.2 Å². The Morgan fingerprint density at radius 1 is 1.18 bits per heavy atom. The average molecular weight is 514 g/mol. The number of ether oxygens (including phenoxy) is 2. The van der Waals surface area contributed by atoms with Crippen LogP contribution in [0.3, 0.4) is 0 Å². The van der Waals surface area contributed by atoms with Crippen LogP contribution in [0.2, 0.25) is 0 Å². The number of phenols is 1. The van der Waals surface area contributed by atoms with Crippen LogP contribution in [0.5, 0.6) is 17.2 Å². The molecule has 6 nitrogen and oxygen atoms in total. The Morgan fingerprint density at radius 3 is 2.50 bits per heavy atom. The largest absolute Gasteiger partial charge is 0.503 e. The fourth-order valence-corrected chi connectivity index (χ4v) is 3.22. The average Bonchev–Trinajstić information content (AvgIpc) is 2.62. The molecule has 0 atom stereocenters. The predicted molar refractivity (Wildman–Crippen MR) is 116 cm³/mol. The first-order chi connectivity index (χ1) is 13.1. The number of carbonyl (C=O) groups is 1. The second-order valence-electron chi connectivity index (χ2n) is 7.03. The van der Waals surface area contributed by atoms with Crippen molar-refractivity contribution in [1.29, 1.82) is 0 Å². The summed E-state index contributed by atoms with van der Waals surface area (Å²) < 4.78 is 11.9. The molecule has 0 spiro atoms. The van der Waals surface area contributed by atoms with Gasteiger partial charge in [0.25, 0.3) is 5.91 Å². The molecule has 28 heavy (non-hydrogen) atoms. The van der Waals surface area contributed by atoms with E-state index in [-0.39, 0.29) is 17.8 Å². The first kappa shape index (κ1) is 22.2. The van der Waals surface area contributed by atoms with Crippen LogP contribution in [0.25, 0.3) is 0 Å². The number of rotatable bonds is 6. The third-order valence-corrected chi connectivity index (χ3v) is 5.05. The number of hydrogen-bond acceptors (Lipinski definition) is 5. The molecule has 150 valence electrons. The van der Waals surface area contributed by atoms with E-state index >= 15 is 0 Å². The van der Waals surface area contributed by atoms with Gasteiger partial charge in [0, 0.05) is 0 Å². The van der Waals surface area contributed by atoms with Crippen molar-refractivity contribution in [3.8, 4) is 17.2 Å². The van der Waals surface area contributed by atoms with Gasteiger partial charge in [0.15, 0.2) is 18.1 Å². The minimum Gasteiger partial charge on any atom is -0.503 e. The molecule has 0 saturated carbocycles. The quantitative estimate of drug-likeness (QED) is 0.431. The van der Waals surface area contributed by atoms with Gasteiger partial charge in [-0.2, -0.15) is 5.10 Å². The van der Waals surface area contributed by atoms with Crippen molar-refractivity contribution in [2.24, 2.45) is 5.10 Å². The lowest BCUT2D eigenvalue weighted by atomic mass is 9.87. The molecule has 0 aliphatic carbocycles. The molecule has 0 saturated heterocycles. The van der Waals surface area contributed by atoms with Crippen molar-refractivity contribution in [3.05, 3.63) is 50.4 Å². The first-order valence-corrected chi connectivity index (χ1v) is 10.0. The molecule has 0 radical (unpaired) electrons. The van der Waals surface area contributed by atoms with Crippen LogP contribution in [0.4, 0.5) is 0 Å². The van der Waals surface area contributed by atoms with Gasteiger partial charge in [-0.05, 0) is 72.7 Å². The summed E-state index contributed by atoms with van der Waals surface area (Å²) in [7, 11) is 1.45. The van der Waals surface area contributed by atoms with Crippen LogP contribution >= 0.6 is 31.9 Å². The Balaban J connectivity index is 1.93. The van der Waals surface area contributed by atoms with Crippen molar-refractivity contribution in [2.45, 2.75) is 26.2 Å². The van der Waals surface area contributed by atoms with Crippen molar-refractivity contribution >= 4 is 44.0 Å². The number of nitrogens with zero attached hydrogens (tertiary/aromatic N) is 1. The Kier molecular flexibility index (Phi) is 7.48. The van der Waals surface area contributed by atoms with Gasteiger partial charge in [-0.1, -0.05) is 26.8 Å². The van der Waals surface area contributed by atoms with Gasteiger partial charge in [-0.25, -0.2) is 5.43 Å². The highest BCUT2D eigenvalue weighted by Crippen LogP contribution is 2.34. The van der Waals surface area contributed by atoms with Gasteiger partial charge >= 0.3 is 0 Å². The van der Waals surface area contributed by atoms with E-state index in [2.05, 4.69) is 63.2 Å². The second kappa shape index (κ2) is 9.43. The fourth-order valence-electron chi connectivity index (χ4n) is 2.26. The molecular weight excluding hydrogens is 492 g/mol. The molecule has 2 aromatic carbocycles. The lowest BCUT2D eigenvalue weighted by molar-refractivity contribution is -0.123. The molecule has 2 rings (SSSR count). The highest BCUT2D eigenvalue weighted by atomic mass is 79.9. The van der Waals surface area contributed by atoms with E-state index in [1.807, 2.05) is 18.2 Å². The van der Waals surface area contributed by atoms with Gasteiger partial charge in [0.05, 0.1) is 22.3 Å². The van der Waals surface area contributed by atoms with Crippen molar-refractivity contribution < 1.29 is 19.4 Å². The van der Waals surface area contributed by atoms with E-state index in [1.165, 1.54) is 13.3 Å². The number of benzene rings is 2. The summed E-state index contributed by atoms with van der Waals surface area (Å²) >= 11 is 6.71. The van der Waals surface area contributed by atoms with Crippen molar-refractivity contribution in [2.75, 3.05) is 13.7 Å². The molecule has 0 fully saturated rings. The Bertz CT molecular complexity index is 893. The number of carbonyl (C=O) groups excluding carboxylic acids is 1. The third kappa shape index (κ3) is 5.97. The summed E-state index contributed by atoms with van der Waals surface area (Å²) in [6, 6.07) is 9.05. The van der Waals surface area contributed by atoms with E-state index in [0.29, 0.717) is 21.5 Å². The number of hydrogen-bond donors (Lipinski definition) is 2. The van der Waals surface area contributed by atoms with Gasteiger partial charge < -0.3 is 14.6 Å². The molecule has 1 amide bonds. The topological polar surface area (TPSA) is 80.2 Å². The van der Waals surface area contributed by atoms with Crippen molar-refractivity contribution in [3.63, 3.8) is 0 Å². The lowest BCUT2D eigenvalue weighted by Gasteiger charge is -2.20. The van der Waals surface area contributed by atoms with Gasteiger partial charge in [0.2, 0.25) is 0 Å². The van der Waals surface area contributed by atoms with Crippen LogP contribution in [-0.4, -0.2) is 30.9 Å². The zero-order valence-corrected chi connectivity index (χ0v) is 19.2. The zero-order valence-electron chi connectivity index (χ0n) is 16.0. The molecule has 0 unspecified atom stereocenters. The first-order valence-electron chi connectivity index (χ1n) is 8.43. The molecule has 0 aliphatic heterocycles. The van der Waals surface area contributed by atoms with E-state index in [9.17, 15) is 9.90 Å². The van der Waals surface area contributed by atoms with Gasteiger partial charge in [0.1, 0.15) is 5.75 Å². The zero-order chi connectivity index (χ0) is 20.9.